The second kappa shape index (κ2) is 5.53. The van der Waals surface area contributed by atoms with Crippen LogP contribution in [-0.4, -0.2) is 18.2 Å². The first-order valence-corrected chi connectivity index (χ1v) is 7.68. The van der Waals surface area contributed by atoms with E-state index in [0.29, 0.717) is 18.2 Å². The van der Waals surface area contributed by atoms with Gasteiger partial charge in [-0.25, -0.2) is 11.6 Å². The summed E-state index contributed by atoms with van der Waals surface area (Å²) in [6.07, 6.45) is 1.45. The Morgan fingerprint density at radius 1 is 1.25 bits per heavy atom. The predicted molar refractivity (Wildman–Crippen MR) is 80.9 cm³/mol. The van der Waals surface area contributed by atoms with Gasteiger partial charge in [-0.2, -0.15) is 0 Å². The number of aromatic nitrogens is 1. The number of benzene rings is 1. The smallest absolute Gasteiger partial charge is 0.287 e. The van der Waals surface area contributed by atoms with E-state index in [-0.39, 0.29) is 0 Å². The highest BCUT2D eigenvalue weighted by molar-refractivity contribution is 7.10. The normalized spacial score (nSPS) is 17.6. The molecule has 3 rings (SSSR count). The van der Waals surface area contributed by atoms with Crippen molar-refractivity contribution in [2.75, 3.05) is 13.2 Å². The van der Waals surface area contributed by atoms with Gasteiger partial charge in [-0.1, -0.05) is 23.7 Å². The molecule has 20 heavy (non-hydrogen) atoms. The van der Waals surface area contributed by atoms with Gasteiger partial charge in [-0.3, -0.25) is 0 Å². The van der Waals surface area contributed by atoms with Crippen molar-refractivity contribution in [2.24, 2.45) is 0 Å². The maximum Gasteiger partial charge on any atom is 0.287 e. The molecule has 0 amide bonds. The molecule has 0 atom stereocenters. The van der Waals surface area contributed by atoms with Crippen LogP contribution in [0.15, 0.2) is 29.6 Å². The van der Waals surface area contributed by atoms with Crippen molar-refractivity contribution < 1.29 is 4.74 Å². The van der Waals surface area contributed by atoms with Gasteiger partial charge in [0.05, 0.1) is 31.7 Å². The summed E-state index contributed by atoms with van der Waals surface area (Å²) >= 11 is 7.46. The molecule has 0 unspecified atom stereocenters. The van der Waals surface area contributed by atoms with Crippen LogP contribution in [0.25, 0.3) is 16.1 Å². The van der Waals surface area contributed by atoms with Gasteiger partial charge in [0.1, 0.15) is 0 Å². The van der Waals surface area contributed by atoms with Crippen molar-refractivity contribution in [1.29, 1.82) is 0 Å². The minimum absolute atomic E-state index is 0.492. The van der Waals surface area contributed by atoms with Gasteiger partial charge in [-0.05, 0) is 12.1 Å². The van der Waals surface area contributed by atoms with Gasteiger partial charge in [0.15, 0.2) is 5.01 Å². The fourth-order valence-corrected chi connectivity index (χ4v) is 3.48. The van der Waals surface area contributed by atoms with Crippen LogP contribution in [-0.2, 0) is 10.3 Å². The van der Waals surface area contributed by atoms with Crippen molar-refractivity contribution in [3.05, 3.63) is 51.1 Å². The number of hydrogen-bond acceptors (Lipinski definition) is 3. The lowest BCUT2D eigenvalue weighted by Gasteiger charge is -2.24. The first-order chi connectivity index (χ1) is 9.73. The maximum atomic E-state index is 7.54. The van der Waals surface area contributed by atoms with Crippen LogP contribution < -0.4 is 0 Å². The summed E-state index contributed by atoms with van der Waals surface area (Å²) in [5.41, 5.74) is 1.45. The fraction of sp³-hybridized carbons (Fsp3) is 0.333. The third-order valence-electron chi connectivity index (χ3n) is 3.58. The molecule has 102 valence electrons. The lowest BCUT2D eigenvalue weighted by molar-refractivity contribution is 0.0646. The molecule has 2 aromatic rings. The maximum absolute atomic E-state index is 7.54. The summed E-state index contributed by atoms with van der Waals surface area (Å²) in [5, 5.41) is 3.63. The number of hydrogen-bond donors (Lipinski definition) is 0. The highest BCUT2D eigenvalue weighted by Gasteiger charge is 2.43. The molecule has 1 aromatic carbocycles. The molecule has 3 nitrogen and oxygen atoms in total. The van der Waals surface area contributed by atoms with Gasteiger partial charge in [-0.15, -0.1) is 11.3 Å². The Morgan fingerprint density at radius 2 is 1.95 bits per heavy atom. The van der Waals surface area contributed by atoms with Gasteiger partial charge < -0.3 is 9.58 Å². The minimum atomic E-state index is -0.492. The van der Waals surface area contributed by atoms with Gasteiger partial charge in [0.25, 0.3) is 5.54 Å². The van der Waals surface area contributed by atoms with Crippen LogP contribution >= 0.6 is 22.9 Å². The Hall–Kier alpha value is -1.41. The molecule has 0 bridgehead atoms. The molecule has 0 N–H and O–H groups in total. The number of rotatable bonds is 2. The van der Waals surface area contributed by atoms with E-state index in [1.165, 1.54) is 0 Å². The molecule has 0 saturated carbocycles. The first-order valence-electron chi connectivity index (χ1n) is 6.42. The number of ether oxygens (including phenoxy) is 1. The zero-order chi connectivity index (χ0) is 14.0. The molecule has 0 radical (unpaired) electrons. The average molecular weight is 305 g/mol. The lowest BCUT2D eigenvalue weighted by atomic mass is 9.92. The Balaban J connectivity index is 1.93. The fourth-order valence-electron chi connectivity index (χ4n) is 2.32. The average Bonchev–Trinajstić information content (AvgIpc) is 2.99. The summed E-state index contributed by atoms with van der Waals surface area (Å²) in [7, 11) is 0. The largest absolute Gasteiger partial charge is 0.381 e. The van der Waals surface area contributed by atoms with Crippen LogP contribution in [0.2, 0.25) is 5.02 Å². The minimum Gasteiger partial charge on any atom is -0.381 e. The van der Waals surface area contributed by atoms with Crippen LogP contribution in [0, 0.1) is 6.57 Å². The Labute approximate surface area is 127 Å². The van der Waals surface area contributed by atoms with Crippen LogP contribution in [0.1, 0.15) is 17.8 Å². The van der Waals surface area contributed by atoms with E-state index < -0.39 is 5.54 Å². The predicted octanol–water partition coefficient (Wildman–Crippen LogP) is 4.39. The Bertz CT molecular complexity index is 639. The standard InChI is InChI=1S/C15H13ClN2OS/c1-17-15(6-8-19-9-7-15)14-18-13(10-20-14)11-2-4-12(16)5-3-11/h2-5,10H,6-9H2. The zero-order valence-corrected chi connectivity index (χ0v) is 12.4. The molecule has 1 aliphatic rings. The first kappa shape index (κ1) is 13.6. The van der Waals surface area contributed by atoms with E-state index >= 15 is 0 Å². The summed E-state index contributed by atoms with van der Waals surface area (Å²) < 4.78 is 5.37. The molecule has 1 aliphatic heterocycles. The van der Waals surface area contributed by atoms with E-state index in [4.69, 9.17) is 22.9 Å². The summed E-state index contributed by atoms with van der Waals surface area (Å²) in [6.45, 7) is 8.82. The zero-order valence-electron chi connectivity index (χ0n) is 10.8. The van der Waals surface area contributed by atoms with Crippen LogP contribution in [0.5, 0.6) is 0 Å². The highest BCUT2D eigenvalue weighted by Crippen LogP contribution is 2.39. The van der Waals surface area contributed by atoms with E-state index in [1.807, 2.05) is 29.6 Å². The second-order valence-electron chi connectivity index (χ2n) is 4.80. The topological polar surface area (TPSA) is 26.5 Å². The van der Waals surface area contributed by atoms with Crippen molar-refractivity contribution in [3.8, 4) is 11.3 Å². The molecule has 0 spiro atoms. The molecule has 1 fully saturated rings. The second-order valence-corrected chi connectivity index (χ2v) is 6.10. The van der Waals surface area contributed by atoms with Gasteiger partial charge in [0.2, 0.25) is 0 Å². The molecule has 1 aromatic heterocycles. The van der Waals surface area contributed by atoms with E-state index in [0.717, 1.165) is 29.1 Å². The van der Waals surface area contributed by atoms with Crippen LogP contribution in [0.4, 0.5) is 0 Å². The van der Waals surface area contributed by atoms with E-state index in [2.05, 4.69) is 9.83 Å². The van der Waals surface area contributed by atoms with Gasteiger partial charge >= 0.3 is 0 Å². The van der Waals surface area contributed by atoms with Crippen molar-refractivity contribution >= 4 is 22.9 Å². The van der Waals surface area contributed by atoms with E-state index in [1.54, 1.807) is 11.3 Å². The van der Waals surface area contributed by atoms with Crippen molar-refractivity contribution in [2.45, 2.75) is 18.4 Å². The highest BCUT2D eigenvalue weighted by atomic mass is 35.5. The van der Waals surface area contributed by atoms with Gasteiger partial charge in [0, 0.05) is 16.0 Å². The van der Waals surface area contributed by atoms with Crippen molar-refractivity contribution in [3.63, 3.8) is 0 Å². The van der Waals surface area contributed by atoms with E-state index in [9.17, 15) is 0 Å². The summed E-state index contributed by atoms with van der Waals surface area (Å²) in [5.74, 6) is 0. The molecular weight excluding hydrogens is 292 g/mol. The molecule has 2 heterocycles. The third-order valence-corrected chi connectivity index (χ3v) is 4.86. The molecule has 0 aliphatic carbocycles. The van der Waals surface area contributed by atoms with Crippen LogP contribution in [0.3, 0.4) is 0 Å². The number of thiazole rings is 1. The Morgan fingerprint density at radius 3 is 2.60 bits per heavy atom. The molecule has 1 saturated heterocycles. The summed E-state index contributed by atoms with van der Waals surface area (Å²) in [4.78, 5) is 8.55. The lowest BCUT2D eigenvalue weighted by Crippen LogP contribution is -2.30. The number of halogens is 1. The Kier molecular flexibility index (Phi) is 3.75. The van der Waals surface area contributed by atoms with Crippen molar-refractivity contribution in [1.82, 2.24) is 4.98 Å². The summed E-state index contributed by atoms with van der Waals surface area (Å²) in [6, 6.07) is 7.62. The SMILES string of the molecule is [C-]#[N+]C1(c2nc(-c3ccc(Cl)cc3)cs2)CCOCC1. The number of nitrogens with zero attached hydrogens (tertiary/aromatic N) is 2. The third kappa shape index (κ3) is 2.45. The monoisotopic (exact) mass is 304 g/mol. The molecule has 5 heteroatoms. The quantitative estimate of drug-likeness (QED) is 0.769. The molecular formula is C15H13ClN2OS.